The highest BCUT2D eigenvalue weighted by Gasteiger charge is 2.13. The summed E-state index contributed by atoms with van der Waals surface area (Å²) in [6.45, 7) is 1.86. The molecule has 7 heteroatoms. The average molecular weight is 386 g/mol. The first-order valence-electron chi connectivity index (χ1n) is 7.80. The minimum absolute atomic E-state index is 0.104. The van der Waals surface area contributed by atoms with E-state index in [4.69, 9.17) is 23.8 Å². The number of anilines is 1. The van der Waals surface area contributed by atoms with Gasteiger partial charge in [-0.15, -0.1) is 0 Å². The predicted octanol–water partition coefficient (Wildman–Crippen LogP) is 4.14. The summed E-state index contributed by atoms with van der Waals surface area (Å²) in [6, 6.07) is 16.0. The van der Waals surface area contributed by atoms with Crippen molar-refractivity contribution in [2.75, 3.05) is 5.32 Å². The molecule has 0 aliphatic rings. The number of phenolic OH excluding ortho intramolecular Hbond substituents is 1. The monoisotopic (exact) mass is 385 g/mol. The van der Waals surface area contributed by atoms with E-state index in [-0.39, 0.29) is 16.4 Å². The molecule has 0 radical (unpaired) electrons. The molecular formula is C19H16ClN3O2S. The van der Waals surface area contributed by atoms with E-state index in [1.54, 1.807) is 24.3 Å². The second-order valence-electron chi connectivity index (χ2n) is 5.66. The van der Waals surface area contributed by atoms with Crippen molar-refractivity contribution in [3.63, 3.8) is 0 Å². The first-order chi connectivity index (χ1) is 12.5. The van der Waals surface area contributed by atoms with Crippen LogP contribution >= 0.6 is 23.8 Å². The van der Waals surface area contributed by atoms with E-state index >= 15 is 0 Å². The summed E-state index contributed by atoms with van der Waals surface area (Å²) in [6.07, 6.45) is 0. The number of carbonyl (C=O) groups is 1. The van der Waals surface area contributed by atoms with Gasteiger partial charge < -0.3 is 10.4 Å². The minimum atomic E-state index is -0.500. The number of nitrogens with one attached hydrogen (secondary N) is 3. The maximum Gasteiger partial charge on any atom is 0.273 e. The molecule has 0 atom stereocenters. The van der Waals surface area contributed by atoms with Crippen LogP contribution in [0.5, 0.6) is 5.75 Å². The SMILES string of the molecule is Cc1c(Cl)cccc1NC(=S)NNC(=O)c1cc2ccccc2cc1O. The highest BCUT2D eigenvalue weighted by Crippen LogP contribution is 2.25. The number of amides is 1. The summed E-state index contributed by atoms with van der Waals surface area (Å²) in [7, 11) is 0. The summed E-state index contributed by atoms with van der Waals surface area (Å²) >= 11 is 11.2. The van der Waals surface area contributed by atoms with E-state index in [9.17, 15) is 9.90 Å². The van der Waals surface area contributed by atoms with Crippen LogP contribution in [0.4, 0.5) is 5.69 Å². The van der Waals surface area contributed by atoms with Crippen LogP contribution in [0.3, 0.4) is 0 Å². The van der Waals surface area contributed by atoms with Gasteiger partial charge in [0.1, 0.15) is 5.75 Å². The Bertz CT molecular complexity index is 1010. The number of hydrogen-bond donors (Lipinski definition) is 4. The molecular weight excluding hydrogens is 370 g/mol. The van der Waals surface area contributed by atoms with E-state index in [1.165, 1.54) is 0 Å². The van der Waals surface area contributed by atoms with Crippen LogP contribution in [-0.4, -0.2) is 16.1 Å². The molecule has 4 N–H and O–H groups in total. The van der Waals surface area contributed by atoms with Gasteiger partial charge in [-0.2, -0.15) is 0 Å². The molecule has 132 valence electrons. The molecule has 0 fully saturated rings. The van der Waals surface area contributed by atoms with Crippen LogP contribution in [-0.2, 0) is 0 Å². The smallest absolute Gasteiger partial charge is 0.273 e. The summed E-state index contributed by atoms with van der Waals surface area (Å²) in [5, 5.41) is 15.6. The zero-order valence-corrected chi connectivity index (χ0v) is 15.4. The molecule has 5 nitrogen and oxygen atoms in total. The Balaban J connectivity index is 1.68. The van der Waals surface area contributed by atoms with Crippen LogP contribution < -0.4 is 16.2 Å². The lowest BCUT2D eigenvalue weighted by atomic mass is 10.1. The largest absolute Gasteiger partial charge is 0.507 e. The Hall–Kier alpha value is -2.83. The number of halogens is 1. The Morgan fingerprint density at radius 2 is 1.73 bits per heavy atom. The fourth-order valence-corrected chi connectivity index (χ4v) is 2.82. The highest BCUT2D eigenvalue weighted by molar-refractivity contribution is 7.80. The first-order valence-corrected chi connectivity index (χ1v) is 8.58. The van der Waals surface area contributed by atoms with Gasteiger partial charge in [0, 0.05) is 10.7 Å². The number of hydrogen-bond acceptors (Lipinski definition) is 3. The van der Waals surface area contributed by atoms with Gasteiger partial charge in [0.05, 0.1) is 5.56 Å². The van der Waals surface area contributed by atoms with Gasteiger partial charge in [-0.3, -0.25) is 15.6 Å². The van der Waals surface area contributed by atoms with E-state index in [0.717, 1.165) is 22.0 Å². The molecule has 3 aromatic rings. The third-order valence-electron chi connectivity index (χ3n) is 3.91. The zero-order valence-electron chi connectivity index (χ0n) is 13.8. The molecule has 26 heavy (non-hydrogen) atoms. The normalized spacial score (nSPS) is 10.4. The number of rotatable bonds is 2. The van der Waals surface area contributed by atoms with Gasteiger partial charge in [0.25, 0.3) is 5.91 Å². The fraction of sp³-hybridized carbons (Fsp3) is 0.0526. The first kappa shape index (κ1) is 18.0. The number of thiocarbonyl (C=S) groups is 1. The van der Waals surface area contributed by atoms with E-state index in [1.807, 2.05) is 37.3 Å². The molecule has 0 aromatic heterocycles. The van der Waals surface area contributed by atoms with E-state index in [2.05, 4.69) is 16.2 Å². The summed E-state index contributed by atoms with van der Waals surface area (Å²) in [5.74, 6) is -0.604. The second-order valence-corrected chi connectivity index (χ2v) is 6.48. The summed E-state index contributed by atoms with van der Waals surface area (Å²) in [4.78, 5) is 12.3. The van der Waals surface area contributed by atoms with Crippen molar-refractivity contribution >= 4 is 51.3 Å². The Kier molecular flexibility index (Phi) is 5.25. The van der Waals surface area contributed by atoms with Crippen LogP contribution in [0.15, 0.2) is 54.6 Å². The van der Waals surface area contributed by atoms with E-state index < -0.39 is 5.91 Å². The van der Waals surface area contributed by atoms with Gasteiger partial charge >= 0.3 is 0 Å². The van der Waals surface area contributed by atoms with Crippen LogP contribution in [0.1, 0.15) is 15.9 Å². The zero-order chi connectivity index (χ0) is 18.7. The van der Waals surface area contributed by atoms with Crippen molar-refractivity contribution in [1.82, 2.24) is 10.9 Å². The molecule has 0 spiro atoms. The summed E-state index contributed by atoms with van der Waals surface area (Å²) < 4.78 is 0. The lowest BCUT2D eigenvalue weighted by Crippen LogP contribution is -2.43. The third-order valence-corrected chi connectivity index (χ3v) is 4.53. The molecule has 0 saturated carbocycles. The number of benzene rings is 3. The molecule has 0 bridgehead atoms. The maximum absolute atomic E-state index is 12.3. The molecule has 1 amide bonds. The van der Waals surface area contributed by atoms with Crippen molar-refractivity contribution in [1.29, 1.82) is 0 Å². The standard InChI is InChI=1S/C19H16ClN3O2S/c1-11-15(20)7-4-8-16(11)21-19(26)23-22-18(25)14-9-12-5-2-3-6-13(12)10-17(14)24/h2-10,24H,1H3,(H,22,25)(H2,21,23,26). The van der Waals surface area contributed by atoms with Crippen molar-refractivity contribution in [3.05, 3.63) is 70.7 Å². The molecule has 0 heterocycles. The molecule has 3 rings (SSSR count). The fourth-order valence-electron chi connectivity index (χ4n) is 2.49. The average Bonchev–Trinajstić information content (AvgIpc) is 2.63. The van der Waals surface area contributed by atoms with Gasteiger partial charge in [0.15, 0.2) is 5.11 Å². The van der Waals surface area contributed by atoms with Crippen molar-refractivity contribution in [2.45, 2.75) is 6.92 Å². The van der Waals surface area contributed by atoms with Crippen LogP contribution in [0.25, 0.3) is 10.8 Å². The van der Waals surface area contributed by atoms with Gasteiger partial charge in [-0.1, -0.05) is 41.9 Å². The van der Waals surface area contributed by atoms with Gasteiger partial charge in [-0.25, -0.2) is 0 Å². The number of phenols is 1. The Morgan fingerprint density at radius 1 is 1.04 bits per heavy atom. The van der Waals surface area contributed by atoms with Gasteiger partial charge in [0.2, 0.25) is 0 Å². The second kappa shape index (κ2) is 7.59. The number of hydrazine groups is 1. The molecule has 3 aromatic carbocycles. The van der Waals surface area contributed by atoms with Crippen LogP contribution in [0, 0.1) is 6.92 Å². The quantitative estimate of drug-likeness (QED) is 0.394. The van der Waals surface area contributed by atoms with Crippen molar-refractivity contribution in [3.8, 4) is 5.75 Å². The van der Waals surface area contributed by atoms with E-state index in [0.29, 0.717) is 5.02 Å². The van der Waals surface area contributed by atoms with Crippen molar-refractivity contribution < 1.29 is 9.90 Å². The number of fused-ring (bicyclic) bond motifs is 1. The topological polar surface area (TPSA) is 73.4 Å². The highest BCUT2D eigenvalue weighted by atomic mass is 35.5. The molecule has 0 saturated heterocycles. The number of carbonyl (C=O) groups excluding carboxylic acids is 1. The van der Waals surface area contributed by atoms with Gasteiger partial charge in [-0.05, 0) is 59.7 Å². The van der Waals surface area contributed by atoms with Crippen LogP contribution in [0.2, 0.25) is 5.02 Å². The summed E-state index contributed by atoms with van der Waals surface area (Å²) in [5.41, 5.74) is 6.82. The lowest BCUT2D eigenvalue weighted by Gasteiger charge is -2.14. The minimum Gasteiger partial charge on any atom is -0.507 e. The Labute approximate surface area is 161 Å². The maximum atomic E-state index is 12.3. The third kappa shape index (κ3) is 3.87. The predicted molar refractivity (Wildman–Crippen MR) is 109 cm³/mol. The number of aromatic hydroxyl groups is 1. The molecule has 0 aliphatic heterocycles. The molecule has 0 unspecified atom stereocenters. The Morgan fingerprint density at radius 3 is 2.46 bits per heavy atom. The molecule has 0 aliphatic carbocycles. The van der Waals surface area contributed by atoms with Crippen molar-refractivity contribution in [2.24, 2.45) is 0 Å². The lowest BCUT2D eigenvalue weighted by molar-refractivity contribution is 0.0941.